The van der Waals surface area contributed by atoms with Gasteiger partial charge in [-0.1, -0.05) is 29.8 Å². The molecule has 0 aliphatic heterocycles. The van der Waals surface area contributed by atoms with Gasteiger partial charge in [0.1, 0.15) is 5.75 Å². The molecule has 0 unspecified atom stereocenters. The molecule has 0 radical (unpaired) electrons. The number of carbonyl (C=O) groups excluding carboxylic acids is 1. The first kappa shape index (κ1) is 22.2. The van der Waals surface area contributed by atoms with Gasteiger partial charge in [-0.25, -0.2) is 0 Å². The van der Waals surface area contributed by atoms with Crippen molar-refractivity contribution in [3.05, 3.63) is 82.8 Å². The van der Waals surface area contributed by atoms with E-state index in [-0.39, 0.29) is 11.7 Å². The minimum absolute atomic E-state index is 0.269. The lowest BCUT2D eigenvalue weighted by Gasteiger charge is -2.13. The maximum absolute atomic E-state index is 12.1. The molecule has 162 valence electrons. The molecule has 0 fully saturated rings. The Labute approximate surface area is 186 Å². The number of rotatable bonds is 8. The van der Waals surface area contributed by atoms with Gasteiger partial charge in [0.25, 0.3) is 5.91 Å². The molecule has 0 bridgehead atoms. The van der Waals surface area contributed by atoms with Crippen molar-refractivity contribution in [2.75, 3.05) is 26.0 Å². The zero-order valence-corrected chi connectivity index (χ0v) is 18.2. The topological polar surface area (TPSA) is 87.9 Å². The van der Waals surface area contributed by atoms with Crippen LogP contribution in [0, 0.1) is 0 Å². The molecule has 1 amide bonds. The highest BCUT2D eigenvalue weighted by atomic mass is 35.5. The van der Waals surface area contributed by atoms with Crippen LogP contribution in [0.15, 0.2) is 70.3 Å². The number of hydrogen-bond donors (Lipinski definition) is 3. The molecule has 8 heteroatoms. The largest absolute Gasteiger partial charge is 0.497 e. The first-order chi connectivity index (χ1) is 15.1. The van der Waals surface area contributed by atoms with Gasteiger partial charge in [0, 0.05) is 30.8 Å². The number of aliphatic imine (C=N–C) groups is 1. The smallest absolute Gasteiger partial charge is 0.291 e. The summed E-state index contributed by atoms with van der Waals surface area (Å²) in [5, 5.41) is 10.0. The van der Waals surface area contributed by atoms with Crippen molar-refractivity contribution in [3.8, 4) is 5.75 Å². The van der Waals surface area contributed by atoms with E-state index in [1.807, 2.05) is 42.5 Å². The summed E-state index contributed by atoms with van der Waals surface area (Å²) in [7, 11) is 3.33. The quantitative estimate of drug-likeness (QED) is 0.362. The molecule has 3 aromatic rings. The third-order valence-electron chi connectivity index (χ3n) is 4.56. The number of anilines is 1. The number of carbonyl (C=O) groups is 1. The van der Waals surface area contributed by atoms with Gasteiger partial charge in [0.05, 0.1) is 13.4 Å². The maximum atomic E-state index is 12.1. The van der Waals surface area contributed by atoms with E-state index >= 15 is 0 Å². The zero-order valence-electron chi connectivity index (χ0n) is 17.4. The summed E-state index contributed by atoms with van der Waals surface area (Å²) < 4.78 is 10.3. The number of amides is 1. The summed E-state index contributed by atoms with van der Waals surface area (Å²) in [6.07, 6.45) is 2.22. The van der Waals surface area contributed by atoms with Crippen molar-refractivity contribution in [1.29, 1.82) is 0 Å². The van der Waals surface area contributed by atoms with Crippen molar-refractivity contribution in [3.63, 3.8) is 0 Å². The molecule has 1 aromatic heterocycles. The molecule has 0 spiro atoms. The first-order valence-corrected chi connectivity index (χ1v) is 10.2. The number of furan rings is 1. The second-order valence-corrected chi connectivity index (χ2v) is 7.10. The Hall–Kier alpha value is -3.45. The van der Waals surface area contributed by atoms with Crippen LogP contribution >= 0.6 is 11.6 Å². The highest BCUT2D eigenvalue weighted by molar-refractivity contribution is 6.31. The molecule has 1 heterocycles. The molecule has 0 atom stereocenters. The van der Waals surface area contributed by atoms with Gasteiger partial charge in [-0.05, 0) is 53.9 Å². The molecule has 3 N–H and O–H groups in total. The van der Waals surface area contributed by atoms with Gasteiger partial charge in [-0.3, -0.25) is 9.79 Å². The van der Waals surface area contributed by atoms with Crippen LogP contribution in [0.4, 0.5) is 5.69 Å². The number of halogens is 1. The van der Waals surface area contributed by atoms with Crippen LogP contribution in [-0.2, 0) is 13.0 Å². The summed E-state index contributed by atoms with van der Waals surface area (Å²) in [5.74, 6) is 1.39. The van der Waals surface area contributed by atoms with Crippen molar-refractivity contribution in [2.24, 2.45) is 4.99 Å². The molecule has 0 saturated heterocycles. The normalized spacial score (nSPS) is 11.1. The molecule has 2 aromatic carbocycles. The molecule has 0 saturated carbocycles. The van der Waals surface area contributed by atoms with Crippen LogP contribution in [0.25, 0.3) is 0 Å². The number of ether oxygens (including phenoxy) is 1. The van der Waals surface area contributed by atoms with E-state index in [0.717, 1.165) is 23.3 Å². The first-order valence-electron chi connectivity index (χ1n) is 9.80. The molecule has 0 aliphatic carbocycles. The maximum Gasteiger partial charge on any atom is 0.291 e. The van der Waals surface area contributed by atoms with Crippen molar-refractivity contribution < 1.29 is 13.9 Å². The highest BCUT2D eigenvalue weighted by Crippen LogP contribution is 2.22. The van der Waals surface area contributed by atoms with Crippen molar-refractivity contribution in [1.82, 2.24) is 10.6 Å². The monoisotopic (exact) mass is 440 g/mol. The van der Waals surface area contributed by atoms with Crippen LogP contribution in [0.3, 0.4) is 0 Å². The van der Waals surface area contributed by atoms with Gasteiger partial charge in [0.15, 0.2) is 11.7 Å². The predicted octanol–water partition coefficient (Wildman–Crippen LogP) is 4.10. The van der Waals surface area contributed by atoms with E-state index in [2.05, 4.69) is 20.9 Å². The molecule has 31 heavy (non-hydrogen) atoms. The Balaban J connectivity index is 1.48. The van der Waals surface area contributed by atoms with Crippen LogP contribution in [-0.4, -0.2) is 32.6 Å². The summed E-state index contributed by atoms with van der Waals surface area (Å²) in [5.41, 5.74) is 2.72. The minimum Gasteiger partial charge on any atom is -0.497 e. The fourth-order valence-electron chi connectivity index (χ4n) is 2.94. The Morgan fingerprint density at radius 1 is 1.13 bits per heavy atom. The Bertz CT molecular complexity index is 1040. The third kappa shape index (κ3) is 6.52. The number of methoxy groups -OCH3 is 1. The van der Waals surface area contributed by atoms with Crippen molar-refractivity contribution in [2.45, 2.75) is 13.0 Å². The minimum atomic E-state index is -0.287. The van der Waals surface area contributed by atoms with Crippen molar-refractivity contribution >= 4 is 29.2 Å². The van der Waals surface area contributed by atoms with E-state index in [9.17, 15) is 4.79 Å². The van der Waals surface area contributed by atoms with E-state index in [1.165, 1.54) is 6.26 Å². The van der Waals surface area contributed by atoms with E-state index < -0.39 is 0 Å². The van der Waals surface area contributed by atoms with Gasteiger partial charge >= 0.3 is 0 Å². The number of nitrogens with zero attached hydrogens (tertiary/aromatic N) is 1. The number of guanidine groups is 1. The second-order valence-electron chi connectivity index (χ2n) is 6.69. The molecular weight excluding hydrogens is 416 g/mol. The summed E-state index contributed by atoms with van der Waals surface area (Å²) in [4.78, 5) is 16.4. The summed E-state index contributed by atoms with van der Waals surface area (Å²) >= 11 is 6.29. The molecule has 7 nitrogen and oxygen atoms in total. The standard InChI is InChI=1S/C23H25ClN4O3/c1-25-23(26-11-10-17-8-9-19(30-2)14-20(17)24)27-15-16-5-3-6-18(13-16)28-22(29)21-7-4-12-31-21/h3-9,12-14H,10-11,15H2,1-2H3,(H,28,29)(H2,25,26,27). The van der Waals surface area contributed by atoms with Gasteiger partial charge in [-0.2, -0.15) is 0 Å². The average molecular weight is 441 g/mol. The number of nitrogens with one attached hydrogen (secondary N) is 3. The third-order valence-corrected chi connectivity index (χ3v) is 4.91. The van der Waals surface area contributed by atoms with E-state index in [0.29, 0.717) is 29.8 Å². The van der Waals surface area contributed by atoms with Gasteiger partial charge in [0.2, 0.25) is 0 Å². The lowest BCUT2D eigenvalue weighted by atomic mass is 10.1. The van der Waals surface area contributed by atoms with Crippen LogP contribution < -0.4 is 20.7 Å². The zero-order chi connectivity index (χ0) is 22.1. The highest BCUT2D eigenvalue weighted by Gasteiger charge is 2.09. The van der Waals surface area contributed by atoms with E-state index in [1.54, 1.807) is 26.3 Å². The average Bonchev–Trinajstić information content (AvgIpc) is 3.32. The fourth-order valence-corrected chi connectivity index (χ4v) is 3.20. The van der Waals surface area contributed by atoms with Gasteiger partial charge < -0.3 is 25.1 Å². The van der Waals surface area contributed by atoms with Crippen LogP contribution in [0.1, 0.15) is 21.7 Å². The van der Waals surface area contributed by atoms with E-state index in [4.69, 9.17) is 20.8 Å². The summed E-state index contributed by atoms with van der Waals surface area (Å²) in [6.45, 7) is 1.22. The lowest BCUT2D eigenvalue weighted by molar-refractivity contribution is 0.0996. The summed E-state index contributed by atoms with van der Waals surface area (Å²) in [6, 6.07) is 16.5. The lowest BCUT2D eigenvalue weighted by Crippen LogP contribution is -2.37. The molecule has 0 aliphatic rings. The number of benzene rings is 2. The fraction of sp³-hybridized carbons (Fsp3) is 0.217. The Morgan fingerprint density at radius 3 is 2.71 bits per heavy atom. The van der Waals surface area contributed by atoms with Crippen LogP contribution in [0.2, 0.25) is 5.02 Å². The number of hydrogen-bond acceptors (Lipinski definition) is 4. The second kappa shape index (κ2) is 11.1. The molecule has 3 rings (SSSR count). The van der Waals surface area contributed by atoms with Crippen LogP contribution in [0.5, 0.6) is 5.75 Å². The Morgan fingerprint density at radius 2 is 2.00 bits per heavy atom. The predicted molar refractivity (Wildman–Crippen MR) is 123 cm³/mol. The Kier molecular flexibility index (Phi) is 7.95. The van der Waals surface area contributed by atoms with Gasteiger partial charge in [-0.15, -0.1) is 0 Å². The molecular formula is C23H25ClN4O3. The SMILES string of the molecule is CN=C(NCCc1ccc(OC)cc1Cl)NCc1cccc(NC(=O)c2ccco2)c1.